The summed E-state index contributed by atoms with van der Waals surface area (Å²) in [7, 11) is 0. The maximum Gasteiger partial charge on any atom is 0.272 e. The number of ether oxygens (including phenoxy) is 2. The molecule has 25 heavy (non-hydrogen) atoms. The Kier molecular flexibility index (Phi) is 4.81. The molecule has 0 bridgehead atoms. The van der Waals surface area contributed by atoms with Crippen LogP contribution in [0, 0.1) is 0 Å². The van der Waals surface area contributed by atoms with Crippen molar-refractivity contribution in [3.05, 3.63) is 52.8 Å². The lowest BCUT2D eigenvalue weighted by atomic mass is 10.1. The number of amides is 1. The van der Waals surface area contributed by atoms with E-state index in [-0.39, 0.29) is 18.1 Å². The molecule has 1 aromatic heterocycles. The fourth-order valence-electron chi connectivity index (χ4n) is 3.56. The first-order chi connectivity index (χ1) is 12.3. The second-order valence-corrected chi connectivity index (χ2v) is 6.66. The van der Waals surface area contributed by atoms with Gasteiger partial charge in [0.2, 0.25) is 0 Å². The molecule has 1 amide bonds. The minimum Gasteiger partial charge on any atom is -0.379 e. The van der Waals surface area contributed by atoms with E-state index in [0.717, 1.165) is 42.5 Å². The fourth-order valence-corrected chi connectivity index (χ4v) is 3.56. The average Bonchev–Trinajstić information content (AvgIpc) is 3.25. The van der Waals surface area contributed by atoms with Crippen LogP contribution < -0.4 is 5.32 Å². The molecule has 1 aromatic carbocycles. The quantitative estimate of drug-likeness (QED) is 0.872. The van der Waals surface area contributed by atoms with Gasteiger partial charge >= 0.3 is 0 Å². The summed E-state index contributed by atoms with van der Waals surface area (Å²) in [6.07, 6.45) is 3.60. The van der Waals surface area contributed by atoms with Crippen LogP contribution in [-0.2, 0) is 28.9 Å². The SMILES string of the molecule is O=C(N[C@@H]1CCOC[C@H]1OCc1ccccc1)c1n[nH]c2c1CCC2. The largest absolute Gasteiger partial charge is 0.379 e. The molecule has 4 rings (SSSR count). The highest BCUT2D eigenvalue weighted by atomic mass is 16.5. The normalized spacial score (nSPS) is 22.6. The maximum absolute atomic E-state index is 12.7. The Balaban J connectivity index is 1.39. The van der Waals surface area contributed by atoms with Gasteiger partial charge in [-0.2, -0.15) is 5.10 Å². The smallest absolute Gasteiger partial charge is 0.272 e. The van der Waals surface area contributed by atoms with Crippen LogP contribution in [-0.4, -0.2) is 41.5 Å². The number of nitrogens with one attached hydrogen (secondary N) is 2. The van der Waals surface area contributed by atoms with E-state index in [1.807, 2.05) is 30.3 Å². The molecule has 2 aromatic rings. The third-order valence-electron chi connectivity index (χ3n) is 4.95. The van der Waals surface area contributed by atoms with Crippen LogP contribution in [0.15, 0.2) is 30.3 Å². The summed E-state index contributed by atoms with van der Waals surface area (Å²) in [6.45, 7) is 1.64. The molecular weight excluding hydrogens is 318 g/mol. The molecule has 1 fully saturated rings. The van der Waals surface area contributed by atoms with Gasteiger partial charge in [0.1, 0.15) is 6.10 Å². The number of aryl methyl sites for hydroxylation is 1. The molecule has 2 heterocycles. The Morgan fingerprint density at radius 1 is 1.32 bits per heavy atom. The molecular formula is C19H23N3O3. The zero-order valence-corrected chi connectivity index (χ0v) is 14.2. The molecule has 1 saturated heterocycles. The van der Waals surface area contributed by atoms with Crippen LogP contribution in [0.4, 0.5) is 0 Å². The fraction of sp³-hybridized carbons (Fsp3) is 0.474. The summed E-state index contributed by atoms with van der Waals surface area (Å²) in [5.74, 6) is -0.111. The zero-order chi connectivity index (χ0) is 17.1. The van der Waals surface area contributed by atoms with Crippen molar-refractivity contribution in [3.8, 4) is 0 Å². The van der Waals surface area contributed by atoms with Gasteiger partial charge in [0, 0.05) is 17.9 Å². The van der Waals surface area contributed by atoms with Crippen LogP contribution >= 0.6 is 0 Å². The number of nitrogens with zero attached hydrogens (tertiary/aromatic N) is 1. The topological polar surface area (TPSA) is 76.2 Å². The molecule has 0 saturated carbocycles. The molecule has 1 aliphatic heterocycles. The summed E-state index contributed by atoms with van der Waals surface area (Å²) in [4.78, 5) is 12.7. The molecule has 1 aliphatic carbocycles. The number of hydrogen-bond acceptors (Lipinski definition) is 4. The molecule has 0 unspecified atom stereocenters. The molecule has 2 atom stereocenters. The highest BCUT2D eigenvalue weighted by Crippen LogP contribution is 2.23. The molecule has 0 radical (unpaired) electrons. The predicted molar refractivity (Wildman–Crippen MR) is 92.3 cm³/mol. The van der Waals surface area contributed by atoms with Crippen molar-refractivity contribution in [1.29, 1.82) is 0 Å². The van der Waals surface area contributed by atoms with Crippen LogP contribution in [0.5, 0.6) is 0 Å². The van der Waals surface area contributed by atoms with E-state index in [1.54, 1.807) is 0 Å². The van der Waals surface area contributed by atoms with Gasteiger partial charge < -0.3 is 14.8 Å². The van der Waals surface area contributed by atoms with E-state index < -0.39 is 0 Å². The van der Waals surface area contributed by atoms with Crippen molar-refractivity contribution in [2.24, 2.45) is 0 Å². The second kappa shape index (κ2) is 7.37. The van der Waals surface area contributed by atoms with Crippen molar-refractivity contribution >= 4 is 5.91 Å². The summed E-state index contributed by atoms with van der Waals surface area (Å²) in [5.41, 5.74) is 3.84. The first-order valence-corrected chi connectivity index (χ1v) is 8.91. The Bertz CT molecular complexity index is 729. The van der Waals surface area contributed by atoms with Crippen molar-refractivity contribution in [2.75, 3.05) is 13.2 Å². The second-order valence-electron chi connectivity index (χ2n) is 6.66. The van der Waals surface area contributed by atoms with Gasteiger partial charge in [0.15, 0.2) is 5.69 Å². The molecule has 6 heteroatoms. The van der Waals surface area contributed by atoms with E-state index in [1.165, 1.54) is 0 Å². The summed E-state index contributed by atoms with van der Waals surface area (Å²) in [6, 6.07) is 9.98. The molecule has 2 N–H and O–H groups in total. The lowest BCUT2D eigenvalue weighted by Crippen LogP contribution is -2.50. The minimum atomic E-state index is -0.148. The number of rotatable bonds is 5. The maximum atomic E-state index is 12.7. The Labute approximate surface area is 146 Å². The van der Waals surface area contributed by atoms with Gasteiger partial charge in [0.25, 0.3) is 5.91 Å². The van der Waals surface area contributed by atoms with Crippen LogP contribution in [0.1, 0.15) is 40.2 Å². The number of hydrogen-bond donors (Lipinski definition) is 2. The van der Waals surface area contributed by atoms with E-state index in [9.17, 15) is 4.79 Å². The van der Waals surface area contributed by atoms with E-state index in [0.29, 0.717) is 25.5 Å². The highest BCUT2D eigenvalue weighted by Gasteiger charge is 2.30. The van der Waals surface area contributed by atoms with Gasteiger partial charge in [-0.05, 0) is 31.2 Å². The molecule has 6 nitrogen and oxygen atoms in total. The summed E-state index contributed by atoms with van der Waals surface area (Å²) < 4.78 is 11.6. The monoisotopic (exact) mass is 341 g/mol. The van der Waals surface area contributed by atoms with Gasteiger partial charge in [-0.25, -0.2) is 0 Å². The average molecular weight is 341 g/mol. The van der Waals surface area contributed by atoms with E-state index in [4.69, 9.17) is 9.47 Å². The van der Waals surface area contributed by atoms with Crippen LogP contribution in [0.25, 0.3) is 0 Å². The number of carbonyl (C=O) groups excluding carboxylic acids is 1. The Hall–Kier alpha value is -2.18. The lowest BCUT2D eigenvalue weighted by molar-refractivity contribution is -0.0736. The van der Waals surface area contributed by atoms with Crippen LogP contribution in [0.2, 0.25) is 0 Å². The van der Waals surface area contributed by atoms with Crippen LogP contribution in [0.3, 0.4) is 0 Å². The van der Waals surface area contributed by atoms with Crippen molar-refractivity contribution in [1.82, 2.24) is 15.5 Å². The number of aromatic amines is 1. The number of benzene rings is 1. The third-order valence-corrected chi connectivity index (χ3v) is 4.95. The van der Waals surface area contributed by atoms with E-state index >= 15 is 0 Å². The first kappa shape index (κ1) is 16.3. The molecule has 0 spiro atoms. The van der Waals surface area contributed by atoms with Gasteiger partial charge in [-0.15, -0.1) is 0 Å². The van der Waals surface area contributed by atoms with Crippen molar-refractivity contribution in [2.45, 2.75) is 44.4 Å². The third kappa shape index (κ3) is 3.60. The number of fused-ring (bicyclic) bond motifs is 1. The Morgan fingerprint density at radius 2 is 2.20 bits per heavy atom. The summed E-state index contributed by atoms with van der Waals surface area (Å²) in [5, 5.41) is 10.3. The number of H-pyrrole nitrogens is 1. The van der Waals surface area contributed by atoms with Gasteiger partial charge in [-0.1, -0.05) is 30.3 Å². The highest BCUT2D eigenvalue weighted by molar-refractivity contribution is 5.94. The Morgan fingerprint density at radius 3 is 3.08 bits per heavy atom. The zero-order valence-electron chi connectivity index (χ0n) is 14.2. The van der Waals surface area contributed by atoms with Gasteiger partial charge in [0.05, 0.1) is 19.3 Å². The minimum absolute atomic E-state index is 0.0567. The van der Waals surface area contributed by atoms with E-state index in [2.05, 4.69) is 15.5 Å². The lowest BCUT2D eigenvalue weighted by Gasteiger charge is -2.32. The van der Waals surface area contributed by atoms with Crippen molar-refractivity contribution < 1.29 is 14.3 Å². The van der Waals surface area contributed by atoms with Gasteiger partial charge in [-0.3, -0.25) is 9.89 Å². The number of carbonyl (C=O) groups is 1. The standard InChI is InChI=1S/C19H23N3O3/c23-19(18-14-7-4-8-15(14)21-22-18)20-16-9-10-24-12-17(16)25-11-13-5-2-1-3-6-13/h1-3,5-6,16-17H,4,7-12H2,(H,20,23)(H,21,22)/t16-,17-/m1/s1. The molecule has 2 aliphatic rings. The number of aromatic nitrogens is 2. The molecule has 132 valence electrons. The predicted octanol–water partition coefficient (Wildman–Crippen LogP) is 2.00. The van der Waals surface area contributed by atoms with Crippen molar-refractivity contribution in [3.63, 3.8) is 0 Å². The summed E-state index contributed by atoms with van der Waals surface area (Å²) >= 11 is 0. The first-order valence-electron chi connectivity index (χ1n) is 8.91.